The van der Waals surface area contributed by atoms with Gasteiger partial charge in [-0.2, -0.15) is 13.2 Å². The van der Waals surface area contributed by atoms with Crippen LogP contribution < -0.4 is 0 Å². The van der Waals surface area contributed by atoms with Crippen LogP contribution in [-0.4, -0.2) is 71.8 Å². The molecule has 2 aromatic carbocycles. The summed E-state index contributed by atoms with van der Waals surface area (Å²) in [7, 11) is -1.79. The molecule has 1 heterocycles. The number of benzene rings is 2. The average molecular weight is 675 g/mol. The van der Waals surface area contributed by atoms with Gasteiger partial charge in [-0.15, -0.1) is 0 Å². The van der Waals surface area contributed by atoms with Crippen LogP contribution in [0.15, 0.2) is 35.9 Å². The molecule has 9 nitrogen and oxygen atoms in total. The van der Waals surface area contributed by atoms with E-state index in [4.69, 9.17) is 5.41 Å². The Labute approximate surface area is 272 Å². The Morgan fingerprint density at radius 2 is 1.85 bits per heavy atom. The van der Waals surface area contributed by atoms with Crippen molar-refractivity contribution in [1.29, 1.82) is 5.41 Å². The van der Waals surface area contributed by atoms with Crippen LogP contribution >= 0.6 is 0 Å². The second-order valence-corrected chi connectivity index (χ2v) is 14.7. The molecule has 0 bridgehead atoms. The molecular weight excluding hydrogens is 637 g/mol. The number of nitrogens with one attached hydrogen (secondary N) is 1. The van der Waals surface area contributed by atoms with Crippen molar-refractivity contribution < 1.29 is 47.1 Å². The second-order valence-electron chi connectivity index (χ2n) is 12.9. The molecule has 1 fully saturated rings. The lowest BCUT2D eigenvalue weighted by atomic mass is 9.71. The number of alkyl halides is 3. The van der Waals surface area contributed by atoms with Crippen molar-refractivity contribution in [3.05, 3.63) is 69.3 Å². The first kappa shape index (κ1) is 34.6. The lowest BCUT2D eigenvalue weighted by molar-refractivity contribution is -0.138. The maximum absolute atomic E-state index is 14.6. The van der Waals surface area contributed by atoms with Gasteiger partial charge in [0.2, 0.25) is 5.12 Å². The molecule has 0 spiro atoms. The number of Topliss-reactive ketones (excluding diaryl/α,β-unsaturated/α-hetero) is 2. The first-order valence-electron chi connectivity index (χ1n) is 15.4. The van der Waals surface area contributed by atoms with Gasteiger partial charge in [0.05, 0.1) is 21.8 Å². The summed E-state index contributed by atoms with van der Waals surface area (Å²) >= 11 is 0. The van der Waals surface area contributed by atoms with E-state index in [-0.39, 0.29) is 66.2 Å². The van der Waals surface area contributed by atoms with Crippen LogP contribution in [0.5, 0.6) is 11.5 Å². The highest BCUT2D eigenvalue weighted by atomic mass is 32.2. The largest absolute Gasteiger partial charge is 0.508 e. The fraction of sp³-hybridized carbons (Fsp3) is 0.471. The van der Waals surface area contributed by atoms with Gasteiger partial charge in [-0.3, -0.25) is 23.5 Å². The summed E-state index contributed by atoms with van der Waals surface area (Å²) in [6, 6.07) is 4.63. The number of phenolic OH excluding ortho intramolecular Hbond substituents is 2. The maximum atomic E-state index is 14.6. The monoisotopic (exact) mass is 674 g/mol. The van der Waals surface area contributed by atoms with Crippen molar-refractivity contribution >= 4 is 33.2 Å². The number of halogens is 3. The minimum absolute atomic E-state index is 0.0209. The van der Waals surface area contributed by atoms with Gasteiger partial charge in [0.25, 0.3) is 0 Å². The fourth-order valence-corrected chi connectivity index (χ4v) is 7.39. The minimum atomic E-state index is -4.98. The summed E-state index contributed by atoms with van der Waals surface area (Å²) < 4.78 is 55.9. The zero-order valence-corrected chi connectivity index (χ0v) is 27.1. The van der Waals surface area contributed by atoms with Gasteiger partial charge in [-0.25, -0.2) is 0 Å². The third-order valence-corrected chi connectivity index (χ3v) is 10.8. The lowest BCUT2D eigenvalue weighted by Gasteiger charge is -2.33. The summed E-state index contributed by atoms with van der Waals surface area (Å²) in [5.74, 6) is -2.19. The number of aliphatic hydroxyl groups excluding tert-OH is 1. The number of aliphatic hydroxyl groups is 1. The first-order chi connectivity index (χ1) is 22.0. The van der Waals surface area contributed by atoms with Crippen LogP contribution in [0.1, 0.15) is 65.4 Å². The zero-order valence-electron chi connectivity index (χ0n) is 26.2. The molecule has 0 saturated carbocycles. The van der Waals surface area contributed by atoms with Gasteiger partial charge in [-0.05, 0) is 61.2 Å². The molecule has 2 aromatic rings. The van der Waals surface area contributed by atoms with E-state index in [9.17, 15) is 47.1 Å². The number of hydrogen-bond donors (Lipinski definition) is 4. The number of fused-ring (bicyclic) bond motifs is 1. The molecule has 0 radical (unpaired) electrons. The van der Waals surface area contributed by atoms with E-state index < -0.39 is 74.0 Å². The number of nitrogens with zero attached hydrogens (tertiary/aromatic N) is 1. The van der Waals surface area contributed by atoms with Crippen molar-refractivity contribution in [3.8, 4) is 11.5 Å². The topological polar surface area (TPSA) is 156 Å². The SMILES string of the molecule is CCS(=O)C(=O)Cc1ccc(O)cc1C[C@]1(C)C(=O)c2cc(C(F)(F)F)c(CN3CC[C@H](C(=O)C4=CC4C)C3)c(O)c2CC(=N)C1O. The molecule has 4 N–H and O–H groups in total. The number of aromatic hydroxyl groups is 2. The van der Waals surface area contributed by atoms with Crippen LogP contribution in [0.2, 0.25) is 0 Å². The van der Waals surface area contributed by atoms with E-state index in [0.717, 1.165) is 5.57 Å². The van der Waals surface area contributed by atoms with Crippen LogP contribution in [0, 0.1) is 22.7 Å². The van der Waals surface area contributed by atoms with E-state index in [1.807, 2.05) is 13.0 Å². The standard InChI is InChI=1S/C34H37F3N2O7S/c1-4-47(46)28(41)11-18-5-6-21(40)10-20(18)14-33(3)31(44)24-12-26(34(35,36)37)25(30(43)23(24)13-27(38)32(33)45)16-39-8-7-19(15-39)29(42)22-9-17(22)2/h5-6,9-10,12,17,19,32,38,40,43,45H,4,7-8,11,13-16H2,1-3H3/t17?,19-,32?,33+,47?/m0/s1. The Hall–Kier alpha value is -3.68. The highest BCUT2D eigenvalue weighted by Crippen LogP contribution is 2.46. The number of carbonyl (C=O) groups excluding carboxylic acids is 3. The lowest BCUT2D eigenvalue weighted by Crippen LogP contribution is -2.45. The molecule has 2 aliphatic carbocycles. The van der Waals surface area contributed by atoms with Crippen molar-refractivity contribution in [2.75, 3.05) is 18.8 Å². The third kappa shape index (κ3) is 6.70. The Kier molecular flexibility index (Phi) is 9.39. The Balaban J connectivity index is 1.52. The normalized spacial score (nSPS) is 25.3. The molecule has 252 valence electrons. The summed E-state index contributed by atoms with van der Waals surface area (Å²) in [5.41, 5.74) is -3.52. The number of rotatable bonds is 9. The van der Waals surface area contributed by atoms with Crippen LogP contribution in [0.25, 0.3) is 0 Å². The number of carbonyl (C=O) groups is 3. The molecule has 3 aliphatic rings. The molecule has 0 amide bonds. The van der Waals surface area contributed by atoms with Crippen LogP contribution in [0.3, 0.4) is 0 Å². The highest BCUT2D eigenvalue weighted by molar-refractivity contribution is 8.00. The van der Waals surface area contributed by atoms with Crippen LogP contribution in [-0.2, 0) is 52.4 Å². The molecule has 13 heteroatoms. The molecule has 0 aromatic heterocycles. The summed E-state index contributed by atoms with van der Waals surface area (Å²) in [6.07, 6.45) is -5.66. The van der Waals surface area contributed by atoms with E-state index in [0.29, 0.717) is 24.6 Å². The molecule has 5 rings (SSSR count). The summed E-state index contributed by atoms with van der Waals surface area (Å²) in [4.78, 5) is 41.1. The molecule has 47 heavy (non-hydrogen) atoms. The molecule has 1 saturated heterocycles. The smallest absolute Gasteiger partial charge is 0.416 e. The number of ketones is 2. The quantitative estimate of drug-likeness (QED) is 0.287. The second kappa shape index (κ2) is 12.7. The van der Waals surface area contributed by atoms with E-state index >= 15 is 0 Å². The molecule has 5 atom stereocenters. The average Bonchev–Trinajstić information content (AvgIpc) is 3.57. The van der Waals surface area contributed by atoms with Crippen molar-refractivity contribution in [1.82, 2.24) is 4.90 Å². The number of hydrogen-bond acceptors (Lipinski definition) is 9. The Morgan fingerprint density at radius 3 is 2.47 bits per heavy atom. The van der Waals surface area contributed by atoms with E-state index in [1.165, 1.54) is 25.1 Å². The Bertz CT molecular complexity index is 1740. The van der Waals surface area contributed by atoms with E-state index in [1.54, 1.807) is 11.8 Å². The van der Waals surface area contributed by atoms with Crippen molar-refractivity contribution in [3.63, 3.8) is 0 Å². The number of allylic oxidation sites excluding steroid dienone is 2. The minimum Gasteiger partial charge on any atom is -0.508 e. The van der Waals surface area contributed by atoms with Crippen molar-refractivity contribution in [2.45, 2.75) is 65.3 Å². The summed E-state index contributed by atoms with van der Waals surface area (Å²) in [5, 5.41) is 41.0. The first-order valence-corrected chi connectivity index (χ1v) is 16.7. The number of likely N-dealkylation sites (tertiary alicyclic amines) is 1. The fourth-order valence-electron chi connectivity index (χ4n) is 6.75. The van der Waals surface area contributed by atoms with Gasteiger partial charge >= 0.3 is 6.18 Å². The molecular formula is C34H37F3N2O7S. The van der Waals surface area contributed by atoms with E-state index in [2.05, 4.69) is 0 Å². The van der Waals surface area contributed by atoms with Gasteiger partial charge in [0.15, 0.2) is 11.6 Å². The van der Waals surface area contributed by atoms with Gasteiger partial charge in [0, 0.05) is 65.9 Å². The summed E-state index contributed by atoms with van der Waals surface area (Å²) in [6.45, 7) is 4.96. The highest BCUT2D eigenvalue weighted by Gasteiger charge is 2.49. The molecule has 1 aliphatic heterocycles. The molecule has 3 unspecified atom stereocenters. The van der Waals surface area contributed by atoms with Crippen LogP contribution in [0.4, 0.5) is 13.2 Å². The predicted molar refractivity (Wildman–Crippen MR) is 168 cm³/mol. The van der Waals surface area contributed by atoms with Gasteiger partial charge in [-0.1, -0.05) is 26.0 Å². The maximum Gasteiger partial charge on any atom is 0.416 e. The van der Waals surface area contributed by atoms with Gasteiger partial charge < -0.3 is 20.7 Å². The Morgan fingerprint density at radius 1 is 1.17 bits per heavy atom. The zero-order chi connectivity index (χ0) is 34.6. The predicted octanol–water partition coefficient (Wildman–Crippen LogP) is 4.29. The third-order valence-electron chi connectivity index (χ3n) is 9.60. The van der Waals surface area contributed by atoms with Gasteiger partial charge in [0.1, 0.15) is 17.6 Å². The number of phenols is 2. The van der Waals surface area contributed by atoms with Crippen molar-refractivity contribution in [2.24, 2.45) is 17.3 Å².